The molecule has 1 aromatic rings. The molecular weight excluding hydrogens is 252 g/mol. The van der Waals surface area contributed by atoms with Crippen LogP contribution < -0.4 is 5.32 Å². The second-order valence-corrected chi connectivity index (χ2v) is 6.44. The molecule has 0 amide bonds. The van der Waals surface area contributed by atoms with Crippen LogP contribution in [0.2, 0.25) is 0 Å². The lowest BCUT2D eigenvalue weighted by Crippen LogP contribution is -2.49. The van der Waals surface area contributed by atoms with Crippen molar-refractivity contribution < 1.29 is 4.52 Å². The fourth-order valence-electron chi connectivity index (χ4n) is 3.46. The number of nitrogens with zero attached hydrogens (tertiary/aromatic N) is 3. The summed E-state index contributed by atoms with van der Waals surface area (Å²) in [4.78, 5) is 7.08. The Balaban J connectivity index is 1.66. The van der Waals surface area contributed by atoms with Crippen molar-refractivity contribution in [3.05, 3.63) is 11.7 Å². The molecule has 3 heterocycles. The molecule has 5 nitrogen and oxygen atoms in total. The molecule has 2 aliphatic heterocycles. The van der Waals surface area contributed by atoms with E-state index in [9.17, 15) is 0 Å². The van der Waals surface area contributed by atoms with Gasteiger partial charge in [-0.2, -0.15) is 4.98 Å². The monoisotopic (exact) mass is 278 g/mol. The number of hydrogen-bond acceptors (Lipinski definition) is 5. The van der Waals surface area contributed by atoms with E-state index >= 15 is 0 Å². The van der Waals surface area contributed by atoms with Gasteiger partial charge in [0.1, 0.15) is 0 Å². The summed E-state index contributed by atoms with van der Waals surface area (Å²) in [5, 5.41) is 7.80. The molecule has 2 atom stereocenters. The van der Waals surface area contributed by atoms with E-state index in [-0.39, 0.29) is 0 Å². The van der Waals surface area contributed by atoms with Crippen molar-refractivity contribution in [1.82, 2.24) is 20.4 Å². The van der Waals surface area contributed by atoms with E-state index in [0.717, 1.165) is 24.8 Å². The van der Waals surface area contributed by atoms with Crippen LogP contribution in [0.5, 0.6) is 0 Å². The quantitative estimate of drug-likeness (QED) is 0.916. The van der Waals surface area contributed by atoms with Gasteiger partial charge in [0.25, 0.3) is 0 Å². The maximum atomic E-state index is 5.32. The maximum absolute atomic E-state index is 5.32. The van der Waals surface area contributed by atoms with Gasteiger partial charge in [0.05, 0.1) is 6.54 Å². The molecule has 5 heteroatoms. The van der Waals surface area contributed by atoms with Gasteiger partial charge in [0, 0.05) is 18.0 Å². The Morgan fingerprint density at radius 3 is 2.90 bits per heavy atom. The van der Waals surface area contributed by atoms with Gasteiger partial charge in [-0.15, -0.1) is 0 Å². The lowest BCUT2D eigenvalue weighted by Gasteiger charge is -2.38. The molecule has 2 fully saturated rings. The Morgan fingerprint density at radius 2 is 2.20 bits per heavy atom. The van der Waals surface area contributed by atoms with E-state index in [2.05, 4.69) is 34.2 Å². The Bertz CT molecular complexity index is 425. The smallest absolute Gasteiger partial charge is 0.229 e. The number of hydrogen-bond donors (Lipinski definition) is 1. The molecule has 2 saturated heterocycles. The van der Waals surface area contributed by atoms with Gasteiger partial charge in [-0.05, 0) is 38.8 Å². The van der Waals surface area contributed by atoms with Crippen LogP contribution >= 0.6 is 0 Å². The summed E-state index contributed by atoms with van der Waals surface area (Å²) in [6, 6.07) is 1.30. The van der Waals surface area contributed by atoms with E-state index in [1.807, 2.05) is 0 Å². The maximum Gasteiger partial charge on any atom is 0.229 e. The third-order valence-electron chi connectivity index (χ3n) is 4.55. The zero-order valence-electron chi connectivity index (χ0n) is 12.6. The minimum absolute atomic E-state index is 0.310. The Morgan fingerprint density at radius 1 is 1.30 bits per heavy atom. The van der Waals surface area contributed by atoms with Crippen molar-refractivity contribution in [1.29, 1.82) is 0 Å². The molecule has 0 spiro atoms. The highest BCUT2D eigenvalue weighted by Gasteiger charge is 2.32. The van der Waals surface area contributed by atoms with Crippen molar-refractivity contribution in [2.75, 3.05) is 13.1 Å². The molecule has 0 radical (unpaired) electrons. The summed E-state index contributed by atoms with van der Waals surface area (Å²) in [6.45, 7) is 7.34. The number of nitrogens with one attached hydrogen (secondary N) is 1. The first kappa shape index (κ1) is 14.0. The van der Waals surface area contributed by atoms with Crippen molar-refractivity contribution in [3.8, 4) is 0 Å². The minimum Gasteiger partial charge on any atom is -0.339 e. The number of rotatable bonds is 4. The summed E-state index contributed by atoms with van der Waals surface area (Å²) in [5.74, 6) is 1.91. The first-order chi connectivity index (χ1) is 9.74. The summed E-state index contributed by atoms with van der Waals surface area (Å²) < 4.78 is 5.32. The SMILES string of the molecule is CC(C)c1nc(CN2CCCCC2C2CCCN2)no1. The molecule has 1 N–H and O–H groups in total. The van der Waals surface area contributed by atoms with Crippen molar-refractivity contribution in [3.63, 3.8) is 0 Å². The molecule has 0 aliphatic carbocycles. The predicted octanol–water partition coefficient (Wildman–Crippen LogP) is 2.30. The zero-order valence-corrected chi connectivity index (χ0v) is 12.6. The van der Waals surface area contributed by atoms with Crippen LogP contribution in [0.4, 0.5) is 0 Å². The lowest BCUT2D eigenvalue weighted by atomic mass is 9.94. The Kier molecular flexibility index (Phi) is 4.36. The van der Waals surface area contributed by atoms with Gasteiger partial charge < -0.3 is 9.84 Å². The molecule has 3 rings (SSSR count). The molecule has 0 bridgehead atoms. The highest BCUT2D eigenvalue weighted by molar-refractivity contribution is 4.95. The van der Waals surface area contributed by atoms with E-state index in [1.165, 1.54) is 38.6 Å². The second kappa shape index (κ2) is 6.22. The van der Waals surface area contributed by atoms with Crippen LogP contribution in [0, 0.1) is 0 Å². The summed E-state index contributed by atoms with van der Waals surface area (Å²) in [5.41, 5.74) is 0. The van der Waals surface area contributed by atoms with Crippen LogP contribution in [-0.2, 0) is 6.54 Å². The fourth-order valence-corrected chi connectivity index (χ4v) is 3.46. The third kappa shape index (κ3) is 3.04. The normalized spacial score (nSPS) is 28.4. The summed E-state index contributed by atoms with van der Waals surface area (Å²) in [7, 11) is 0. The fraction of sp³-hybridized carbons (Fsp3) is 0.867. The van der Waals surface area contributed by atoms with E-state index in [1.54, 1.807) is 0 Å². The average molecular weight is 278 g/mol. The van der Waals surface area contributed by atoms with Crippen molar-refractivity contribution in [2.24, 2.45) is 0 Å². The average Bonchev–Trinajstić information content (AvgIpc) is 3.10. The number of likely N-dealkylation sites (tertiary alicyclic amines) is 1. The molecule has 112 valence electrons. The topological polar surface area (TPSA) is 54.2 Å². The standard InChI is InChI=1S/C15H26N4O/c1-11(2)15-17-14(18-20-15)10-19-9-4-3-7-13(19)12-6-5-8-16-12/h11-13,16H,3-10H2,1-2H3. The van der Waals surface area contributed by atoms with Gasteiger partial charge in [0.15, 0.2) is 5.82 Å². The summed E-state index contributed by atoms with van der Waals surface area (Å²) in [6.07, 6.45) is 6.56. The van der Waals surface area contributed by atoms with Crippen LogP contribution in [0.1, 0.15) is 63.6 Å². The molecule has 20 heavy (non-hydrogen) atoms. The molecule has 2 unspecified atom stereocenters. The van der Waals surface area contributed by atoms with E-state index < -0.39 is 0 Å². The van der Waals surface area contributed by atoms with Crippen LogP contribution in [0.25, 0.3) is 0 Å². The number of aromatic nitrogens is 2. The second-order valence-electron chi connectivity index (χ2n) is 6.44. The van der Waals surface area contributed by atoms with Crippen LogP contribution in [0.3, 0.4) is 0 Å². The van der Waals surface area contributed by atoms with E-state index in [0.29, 0.717) is 18.0 Å². The molecular formula is C15H26N4O. The first-order valence-electron chi connectivity index (χ1n) is 8.04. The predicted molar refractivity (Wildman–Crippen MR) is 77.5 cm³/mol. The highest BCUT2D eigenvalue weighted by atomic mass is 16.5. The van der Waals surface area contributed by atoms with Gasteiger partial charge in [-0.3, -0.25) is 4.90 Å². The first-order valence-corrected chi connectivity index (χ1v) is 8.04. The van der Waals surface area contributed by atoms with E-state index in [4.69, 9.17) is 4.52 Å². The Hall–Kier alpha value is -0.940. The summed E-state index contributed by atoms with van der Waals surface area (Å²) >= 11 is 0. The third-order valence-corrected chi connectivity index (χ3v) is 4.55. The van der Waals surface area contributed by atoms with Gasteiger partial charge in [0.2, 0.25) is 5.89 Å². The highest BCUT2D eigenvalue weighted by Crippen LogP contribution is 2.25. The Labute approximate surface area is 121 Å². The molecule has 0 aromatic carbocycles. The molecule has 0 saturated carbocycles. The van der Waals surface area contributed by atoms with Gasteiger partial charge >= 0.3 is 0 Å². The number of piperidine rings is 1. The van der Waals surface area contributed by atoms with Crippen molar-refractivity contribution in [2.45, 2.75) is 70.5 Å². The lowest BCUT2D eigenvalue weighted by molar-refractivity contribution is 0.108. The van der Waals surface area contributed by atoms with Crippen molar-refractivity contribution >= 4 is 0 Å². The van der Waals surface area contributed by atoms with Gasteiger partial charge in [-0.25, -0.2) is 0 Å². The van der Waals surface area contributed by atoms with Gasteiger partial charge in [-0.1, -0.05) is 25.4 Å². The zero-order chi connectivity index (χ0) is 13.9. The minimum atomic E-state index is 0.310. The van der Waals surface area contributed by atoms with Crippen LogP contribution in [0.15, 0.2) is 4.52 Å². The van der Waals surface area contributed by atoms with Crippen LogP contribution in [-0.4, -0.2) is 40.2 Å². The molecule has 1 aromatic heterocycles. The largest absolute Gasteiger partial charge is 0.339 e. The molecule has 2 aliphatic rings.